The molecule has 0 atom stereocenters. The lowest BCUT2D eigenvalue weighted by atomic mass is 10.1. The molecule has 2 amide bonds. The molecule has 0 spiro atoms. The zero-order valence-electron chi connectivity index (χ0n) is 21.0. The molecule has 1 aromatic carbocycles. The Morgan fingerprint density at radius 3 is 2.74 bits per heavy atom. The lowest BCUT2D eigenvalue weighted by Gasteiger charge is -2.32. The van der Waals surface area contributed by atoms with Crippen molar-refractivity contribution in [2.75, 3.05) is 43.4 Å². The van der Waals surface area contributed by atoms with Gasteiger partial charge in [-0.15, -0.1) is 11.3 Å². The summed E-state index contributed by atoms with van der Waals surface area (Å²) in [6, 6.07) is 10.4. The van der Waals surface area contributed by atoms with Crippen LogP contribution in [-0.2, 0) is 16.1 Å². The molecule has 1 fully saturated rings. The largest absolute Gasteiger partial charge is 0.360 e. The molecule has 0 unspecified atom stereocenters. The third-order valence-corrected chi connectivity index (χ3v) is 7.04. The van der Waals surface area contributed by atoms with E-state index in [4.69, 9.17) is 5.26 Å². The maximum absolute atomic E-state index is 13.7. The number of alkyl halides is 2. The summed E-state index contributed by atoms with van der Waals surface area (Å²) in [7, 11) is 1.56. The maximum Gasteiger partial charge on any atom is 0.270 e. The second-order valence-corrected chi connectivity index (χ2v) is 9.64. The van der Waals surface area contributed by atoms with Crippen molar-refractivity contribution in [3.05, 3.63) is 43.8 Å². The molecule has 13 heteroatoms. The number of nitriles is 2. The van der Waals surface area contributed by atoms with Crippen LogP contribution in [0.3, 0.4) is 0 Å². The Labute approximate surface area is 221 Å². The molecule has 1 aliphatic rings. The number of hydrogen-bond acceptors (Lipinski definition) is 8. The lowest BCUT2D eigenvalue weighted by Crippen LogP contribution is -2.47. The van der Waals surface area contributed by atoms with Crippen molar-refractivity contribution in [3.8, 4) is 12.1 Å². The molecule has 38 heavy (non-hydrogen) atoms. The number of anilines is 2. The maximum atomic E-state index is 13.7. The van der Waals surface area contributed by atoms with Gasteiger partial charge in [-0.05, 0) is 38.1 Å². The van der Waals surface area contributed by atoms with Gasteiger partial charge < -0.3 is 15.5 Å². The van der Waals surface area contributed by atoms with E-state index in [1.54, 1.807) is 44.3 Å². The fraction of sp³-hybridized carbons (Fsp3) is 0.400. The van der Waals surface area contributed by atoms with Crippen molar-refractivity contribution < 1.29 is 18.4 Å². The van der Waals surface area contributed by atoms with Crippen LogP contribution in [-0.4, -0.2) is 60.4 Å². The number of halogens is 2. The van der Waals surface area contributed by atoms with E-state index < -0.39 is 23.9 Å². The summed E-state index contributed by atoms with van der Waals surface area (Å²) in [5.74, 6) is -3.86. The summed E-state index contributed by atoms with van der Waals surface area (Å²) >= 11 is 0.957. The van der Waals surface area contributed by atoms with Crippen LogP contribution >= 0.6 is 11.3 Å². The van der Waals surface area contributed by atoms with Gasteiger partial charge in [0.2, 0.25) is 5.91 Å². The number of thiazole rings is 1. The van der Waals surface area contributed by atoms with Gasteiger partial charge in [-0.1, -0.05) is 6.07 Å². The number of piperidine rings is 1. The Hall–Kier alpha value is -4.07. The van der Waals surface area contributed by atoms with Crippen LogP contribution in [0.4, 0.5) is 20.2 Å². The van der Waals surface area contributed by atoms with Gasteiger partial charge in [0.15, 0.2) is 5.57 Å². The smallest absolute Gasteiger partial charge is 0.270 e. The topological polar surface area (TPSA) is 134 Å². The fourth-order valence-corrected chi connectivity index (χ4v) is 5.06. The molecule has 0 radical (unpaired) electrons. The quantitative estimate of drug-likeness (QED) is 0.470. The number of likely N-dealkylation sites (tertiary alicyclic amines) is 1. The van der Waals surface area contributed by atoms with E-state index in [0.717, 1.165) is 11.3 Å². The van der Waals surface area contributed by atoms with Crippen molar-refractivity contribution in [1.29, 1.82) is 10.5 Å². The van der Waals surface area contributed by atoms with E-state index in [-0.39, 0.29) is 46.7 Å². The van der Waals surface area contributed by atoms with Crippen molar-refractivity contribution in [3.63, 3.8) is 0 Å². The number of carbonyl (C=O) groups is 2. The van der Waals surface area contributed by atoms with Crippen LogP contribution in [0.2, 0.25) is 0 Å². The van der Waals surface area contributed by atoms with Gasteiger partial charge in [-0.2, -0.15) is 10.5 Å². The first-order valence-electron chi connectivity index (χ1n) is 11.8. The minimum Gasteiger partial charge on any atom is -0.360 e. The van der Waals surface area contributed by atoms with Crippen LogP contribution in [0.15, 0.2) is 29.1 Å². The number of likely N-dealkylation sites (N-methyl/N-ethyl adjacent to an activating group) is 1. The van der Waals surface area contributed by atoms with Gasteiger partial charge in [-0.3, -0.25) is 23.9 Å². The molecule has 0 aliphatic carbocycles. The molecule has 200 valence electrons. The number of nitrogens with one attached hydrogen (secondary N) is 2. The molecule has 10 nitrogen and oxygen atoms in total. The molecule has 1 aromatic heterocycles. The molecular formula is C25H27F2N7O3S. The van der Waals surface area contributed by atoms with E-state index in [0.29, 0.717) is 24.3 Å². The molecule has 2 N–H and O–H groups in total. The normalized spacial score (nSPS) is 16.2. The summed E-state index contributed by atoms with van der Waals surface area (Å²) < 4.78 is 29.1. The molecule has 1 saturated heterocycles. The molecule has 3 rings (SSSR count). The number of carbonyl (C=O) groups excluding carboxylic acids is 2. The minimum absolute atomic E-state index is 0.121. The number of aromatic nitrogens is 1. The highest BCUT2D eigenvalue weighted by Gasteiger charge is 2.36. The van der Waals surface area contributed by atoms with Gasteiger partial charge in [-0.25, -0.2) is 8.78 Å². The Balaban J connectivity index is 1.82. The molecule has 0 saturated carbocycles. The SMILES string of the molecule is CCn1c(=O)/c(=C\Nc2cccc(N(C)C(=O)CN3CCCC(F)(F)C3)c2)s/c1=C(/C#N)C(=O)NCC#N. The van der Waals surface area contributed by atoms with E-state index in [1.165, 1.54) is 20.6 Å². The van der Waals surface area contributed by atoms with E-state index in [1.807, 2.05) is 6.07 Å². The second-order valence-electron chi connectivity index (χ2n) is 8.61. The van der Waals surface area contributed by atoms with Gasteiger partial charge in [0.25, 0.3) is 17.4 Å². The monoisotopic (exact) mass is 543 g/mol. The lowest BCUT2D eigenvalue weighted by molar-refractivity contribution is -0.122. The van der Waals surface area contributed by atoms with Crippen molar-refractivity contribution in [2.24, 2.45) is 0 Å². The van der Waals surface area contributed by atoms with Crippen LogP contribution in [0.5, 0.6) is 0 Å². The van der Waals surface area contributed by atoms with Crippen molar-refractivity contribution in [2.45, 2.75) is 32.2 Å². The highest BCUT2D eigenvalue weighted by atomic mass is 32.1. The van der Waals surface area contributed by atoms with Gasteiger partial charge in [0, 0.05) is 37.6 Å². The first-order chi connectivity index (χ1) is 18.1. The summed E-state index contributed by atoms with van der Waals surface area (Å²) in [6.45, 7) is 1.54. The molecule has 2 heterocycles. The summed E-state index contributed by atoms with van der Waals surface area (Å²) in [4.78, 5) is 40.7. The Kier molecular flexibility index (Phi) is 9.34. The van der Waals surface area contributed by atoms with Crippen LogP contribution in [0.25, 0.3) is 11.8 Å². The summed E-state index contributed by atoms with van der Waals surface area (Å²) in [5, 5.41) is 23.5. The number of nitrogens with zero attached hydrogens (tertiary/aromatic N) is 5. The standard InChI is InChI=1S/C25H27F2N7O3S/c1-3-34-23(37)20(38-24(34)19(13-29)22(36)30-10-9-28)14-31-17-6-4-7-18(12-17)32(2)21(35)15-33-11-5-8-25(26,27)16-33/h4,6-7,12,14,31H,3,5,8,10-11,15-16H2,1-2H3,(H,30,36)/b20-14+,24-19-. The molecular weight excluding hydrogens is 516 g/mol. The predicted molar refractivity (Wildman–Crippen MR) is 140 cm³/mol. The Morgan fingerprint density at radius 1 is 1.32 bits per heavy atom. The van der Waals surface area contributed by atoms with Crippen LogP contribution < -0.4 is 30.3 Å². The van der Waals surface area contributed by atoms with Crippen LogP contribution in [0.1, 0.15) is 19.8 Å². The van der Waals surface area contributed by atoms with Gasteiger partial charge >= 0.3 is 0 Å². The highest BCUT2D eigenvalue weighted by molar-refractivity contribution is 7.07. The van der Waals surface area contributed by atoms with Gasteiger partial charge in [0.1, 0.15) is 21.8 Å². The number of benzene rings is 1. The van der Waals surface area contributed by atoms with Gasteiger partial charge in [0.05, 0.1) is 19.2 Å². The molecule has 1 aliphatic heterocycles. The minimum atomic E-state index is -2.79. The summed E-state index contributed by atoms with van der Waals surface area (Å²) in [5.41, 5.74) is 0.421. The van der Waals surface area contributed by atoms with Crippen molar-refractivity contribution >= 4 is 46.3 Å². The Bertz CT molecular complexity index is 1470. The number of rotatable bonds is 8. The molecule has 0 bridgehead atoms. The van der Waals surface area contributed by atoms with Crippen LogP contribution in [0, 0.1) is 22.7 Å². The van der Waals surface area contributed by atoms with E-state index in [2.05, 4.69) is 10.6 Å². The number of amides is 2. The van der Waals surface area contributed by atoms with E-state index >= 15 is 0 Å². The zero-order valence-corrected chi connectivity index (χ0v) is 21.8. The third-order valence-electron chi connectivity index (χ3n) is 5.91. The Morgan fingerprint density at radius 2 is 2.08 bits per heavy atom. The number of hydrogen-bond donors (Lipinski definition) is 2. The average molecular weight is 544 g/mol. The summed E-state index contributed by atoms with van der Waals surface area (Å²) in [6.07, 6.45) is 1.61. The molecule has 2 aromatic rings. The van der Waals surface area contributed by atoms with E-state index in [9.17, 15) is 28.4 Å². The zero-order chi connectivity index (χ0) is 27.9. The average Bonchev–Trinajstić information content (AvgIpc) is 3.20. The fourth-order valence-electron chi connectivity index (χ4n) is 3.97. The van der Waals surface area contributed by atoms with Crippen molar-refractivity contribution in [1.82, 2.24) is 14.8 Å². The third kappa shape index (κ3) is 6.82. The second kappa shape index (κ2) is 12.4. The highest BCUT2D eigenvalue weighted by Crippen LogP contribution is 2.26. The first-order valence-corrected chi connectivity index (χ1v) is 12.6. The predicted octanol–water partition coefficient (Wildman–Crippen LogP) is 0.788. The first kappa shape index (κ1) is 28.5.